The average molecular weight is 656 g/mol. The van der Waals surface area contributed by atoms with Gasteiger partial charge in [0, 0.05) is 22.9 Å². The highest BCUT2D eigenvalue weighted by molar-refractivity contribution is 7.99. The van der Waals surface area contributed by atoms with Gasteiger partial charge in [-0.15, -0.1) is 0 Å². The van der Waals surface area contributed by atoms with E-state index in [9.17, 15) is 26.4 Å². The maximum atomic E-state index is 15.4. The Kier molecular flexibility index (Phi) is 8.60. The van der Waals surface area contributed by atoms with Crippen molar-refractivity contribution < 1.29 is 40.3 Å². The van der Waals surface area contributed by atoms with E-state index in [-0.39, 0.29) is 17.3 Å². The number of esters is 2. The average Bonchev–Trinajstić information content (AvgIpc) is 3.04. The van der Waals surface area contributed by atoms with Gasteiger partial charge in [-0.3, -0.25) is 0 Å². The molecule has 9 nitrogen and oxygen atoms in total. The molecule has 0 fully saturated rings. The lowest BCUT2D eigenvalue weighted by atomic mass is 9.92. The van der Waals surface area contributed by atoms with Crippen LogP contribution >= 0.6 is 11.6 Å². The zero-order valence-corrected chi connectivity index (χ0v) is 25.3. The quantitative estimate of drug-likeness (QED) is 0.213. The summed E-state index contributed by atoms with van der Waals surface area (Å²) in [5.41, 5.74) is -0.981. The minimum Gasteiger partial charge on any atom is -0.459 e. The lowest BCUT2D eigenvalue weighted by Gasteiger charge is -2.27. The van der Waals surface area contributed by atoms with Crippen molar-refractivity contribution in [2.75, 3.05) is 13.2 Å². The molecule has 2 heterocycles. The fourth-order valence-corrected chi connectivity index (χ4v) is 8.63. The molecule has 5 rings (SSSR count). The third kappa shape index (κ3) is 5.96. The maximum absolute atomic E-state index is 15.4. The highest BCUT2D eigenvalue weighted by Gasteiger charge is 2.43. The second-order valence-electron chi connectivity index (χ2n) is 9.50. The topological polar surface area (TPSA) is 133 Å². The van der Waals surface area contributed by atoms with Crippen LogP contribution in [0.25, 0.3) is 11.6 Å². The molecule has 2 aliphatic rings. The van der Waals surface area contributed by atoms with Crippen LogP contribution in [0.15, 0.2) is 116 Å². The van der Waals surface area contributed by atoms with Gasteiger partial charge in [-0.05, 0) is 42.8 Å². The number of carbonyl (C=O) groups is 2. The van der Waals surface area contributed by atoms with Crippen LogP contribution in [0, 0.1) is 5.82 Å². The van der Waals surface area contributed by atoms with Crippen LogP contribution < -0.4 is 5.32 Å². The zero-order chi connectivity index (χ0) is 31.6. The molecule has 44 heavy (non-hydrogen) atoms. The normalized spacial score (nSPS) is 16.8. The number of carbonyl (C=O) groups excluding carboxylic acids is 2. The van der Waals surface area contributed by atoms with Crippen molar-refractivity contribution >= 4 is 54.9 Å². The van der Waals surface area contributed by atoms with Crippen molar-refractivity contribution in [3.8, 4) is 0 Å². The fraction of sp³-hybridized carbons (Fsp3) is 0.0968. The van der Waals surface area contributed by atoms with Gasteiger partial charge in [-0.2, -0.15) is 0 Å². The van der Waals surface area contributed by atoms with Crippen LogP contribution in [0.1, 0.15) is 18.1 Å². The molecule has 0 bridgehead atoms. The molecule has 2 aliphatic heterocycles. The van der Waals surface area contributed by atoms with Crippen LogP contribution in [-0.4, -0.2) is 42.0 Å². The van der Waals surface area contributed by atoms with Crippen LogP contribution in [-0.2, 0) is 38.7 Å². The standard InChI is InChI=1S/C31H23ClFNO8S2/c1-19-27(31(36)42-17-16-41-26(35)15-14-20-8-3-2-4-9-20)29(28-21(32)10-7-11-22(28)33)30-23(34-19)18-43(37,38)24-12-5-6-13-25(24)44(30,39)40/h2-15,18,34H,16-17H2,1H3/b15-14+. The summed E-state index contributed by atoms with van der Waals surface area (Å²) in [5, 5.41) is 3.16. The van der Waals surface area contributed by atoms with Crippen molar-refractivity contribution in [2.24, 2.45) is 0 Å². The number of dihydropyridines is 1. The Morgan fingerprint density at radius 1 is 0.886 bits per heavy atom. The molecule has 0 atom stereocenters. The number of hydrogen-bond donors (Lipinski definition) is 1. The first kappa shape index (κ1) is 30.9. The summed E-state index contributed by atoms with van der Waals surface area (Å²) >= 11 is 6.37. The van der Waals surface area contributed by atoms with Crippen molar-refractivity contribution in [1.82, 2.24) is 5.32 Å². The van der Waals surface area contributed by atoms with Gasteiger partial charge in [-0.1, -0.05) is 60.1 Å². The highest BCUT2D eigenvalue weighted by Crippen LogP contribution is 2.46. The third-order valence-electron chi connectivity index (χ3n) is 6.59. The number of nitrogens with one attached hydrogen (secondary N) is 1. The summed E-state index contributed by atoms with van der Waals surface area (Å²) in [6, 6.07) is 17.6. The van der Waals surface area contributed by atoms with E-state index in [1.165, 1.54) is 37.3 Å². The molecule has 0 saturated heterocycles. The van der Waals surface area contributed by atoms with E-state index in [4.69, 9.17) is 21.1 Å². The summed E-state index contributed by atoms with van der Waals surface area (Å²) in [6.07, 6.45) is 2.75. The largest absolute Gasteiger partial charge is 0.459 e. The number of fused-ring (bicyclic) bond motifs is 2. The zero-order valence-electron chi connectivity index (χ0n) is 22.9. The molecule has 0 saturated carbocycles. The number of hydrogen-bond acceptors (Lipinski definition) is 9. The molecule has 0 aliphatic carbocycles. The fourth-order valence-electron chi connectivity index (χ4n) is 4.71. The van der Waals surface area contributed by atoms with Gasteiger partial charge in [0.15, 0.2) is 0 Å². The molecule has 3 aromatic carbocycles. The van der Waals surface area contributed by atoms with Gasteiger partial charge < -0.3 is 14.8 Å². The monoisotopic (exact) mass is 655 g/mol. The summed E-state index contributed by atoms with van der Waals surface area (Å²) < 4.78 is 80.5. The van der Waals surface area contributed by atoms with Gasteiger partial charge in [0.05, 0.1) is 31.5 Å². The Morgan fingerprint density at radius 2 is 1.55 bits per heavy atom. The molecule has 0 unspecified atom stereocenters. The number of ether oxygens (including phenoxy) is 2. The maximum Gasteiger partial charge on any atom is 0.340 e. The predicted molar refractivity (Wildman–Crippen MR) is 160 cm³/mol. The summed E-state index contributed by atoms with van der Waals surface area (Å²) in [6.45, 7) is 0.598. The SMILES string of the molecule is CC1=C(C(=O)OCCOC(=O)/C=C/c2ccccc2)C(c2c(F)cccc2Cl)=C2C(=CS(=O)(=O)c3ccccc3S2(=O)=O)N1. The van der Waals surface area contributed by atoms with Gasteiger partial charge in [0.1, 0.15) is 23.9 Å². The minimum atomic E-state index is -4.71. The van der Waals surface area contributed by atoms with Crippen LogP contribution in [0.3, 0.4) is 0 Å². The van der Waals surface area contributed by atoms with Crippen molar-refractivity contribution in [2.45, 2.75) is 16.7 Å². The van der Waals surface area contributed by atoms with E-state index in [0.29, 0.717) is 5.41 Å². The Bertz CT molecular complexity index is 2010. The second kappa shape index (κ2) is 12.2. The summed E-state index contributed by atoms with van der Waals surface area (Å²) in [7, 11) is -9.02. The molecule has 0 aromatic heterocycles. The van der Waals surface area contributed by atoms with Crippen LogP contribution in [0.5, 0.6) is 0 Å². The molecule has 226 valence electrons. The van der Waals surface area contributed by atoms with Gasteiger partial charge >= 0.3 is 11.9 Å². The molecule has 0 amide bonds. The number of benzene rings is 3. The third-order valence-corrected chi connectivity index (χ3v) is 10.5. The van der Waals surface area contributed by atoms with Crippen LogP contribution in [0.4, 0.5) is 4.39 Å². The van der Waals surface area contributed by atoms with E-state index in [1.54, 1.807) is 30.3 Å². The summed E-state index contributed by atoms with van der Waals surface area (Å²) in [4.78, 5) is 23.9. The van der Waals surface area contributed by atoms with E-state index in [2.05, 4.69) is 5.32 Å². The van der Waals surface area contributed by atoms with E-state index >= 15 is 4.39 Å². The molecule has 0 spiro atoms. The molecule has 0 radical (unpaired) electrons. The first-order valence-electron chi connectivity index (χ1n) is 13.0. The Balaban J connectivity index is 1.53. The van der Waals surface area contributed by atoms with Crippen LogP contribution in [0.2, 0.25) is 5.02 Å². The van der Waals surface area contributed by atoms with Crippen molar-refractivity contribution in [3.05, 3.63) is 128 Å². The Hall–Kier alpha value is -4.52. The molecule has 3 aromatic rings. The minimum absolute atomic E-state index is 0.0292. The first-order valence-corrected chi connectivity index (χ1v) is 16.4. The van der Waals surface area contributed by atoms with Gasteiger partial charge in [-0.25, -0.2) is 30.8 Å². The summed E-state index contributed by atoms with van der Waals surface area (Å²) in [5.74, 6) is -2.75. The number of halogens is 2. The van der Waals surface area contributed by atoms with E-state index in [1.807, 2.05) is 6.07 Å². The predicted octanol–water partition coefficient (Wildman–Crippen LogP) is 4.97. The van der Waals surface area contributed by atoms with E-state index in [0.717, 1.165) is 23.8 Å². The van der Waals surface area contributed by atoms with Gasteiger partial charge in [0.2, 0.25) is 19.7 Å². The highest BCUT2D eigenvalue weighted by atomic mass is 35.5. The smallest absolute Gasteiger partial charge is 0.340 e. The number of rotatable bonds is 7. The second-order valence-corrected chi connectivity index (χ2v) is 13.5. The van der Waals surface area contributed by atoms with Crippen molar-refractivity contribution in [1.29, 1.82) is 0 Å². The van der Waals surface area contributed by atoms with Crippen molar-refractivity contribution in [3.63, 3.8) is 0 Å². The van der Waals surface area contributed by atoms with E-state index < -0.39 is 81.1 Å². The molecule has 13 heteroatoms. The number of allylic oxidation sites excluding steroid dienone is 1. The Morgan fingerprint density at radius 3 is 2.25 bits per heavy atom. The Labute approximate surface area is 257 Å². The lowest BCUT2D eigenvalue weighted by molar-refractivity contribution is -0.146. The number of sulfone groups is 2. The molecular formula is C31H23ClFNO8S2. The van der Waals surface area contributed by atoms with Gasteiger partial charge in [0.25, 0.3) is 0 Å². The molecular weight excluding hydrogens is 633 g/mol. The first-order chi connectivity index (χ1) is 20.9. The lowest BCUT2D eigenvalue weighted by Crippen LogP contribution is -2.29. The molecule has 1 N–H and O–H groups in total.